The van der Waals surface area contributed by atoms with Crippen LogP contribution in [0, 0.1) is 6.92 Å². The van der Waals surface area contributed by atoms with Crippen LogP contribution in [0.15, 0.2) is 47.3 Å². The largest absolute Gasteiger partial charge is 0.497 e. The molecule has 0 unspecified atom stereocenters. The molecule has 8 heteroatoms. The number of hydrogen-bond acceptors (Lipinski definition) is 7. The zero-order valence-electron chi connectivity index (χ0n) is 16.4. The molecule has 0 radical (unpaired) electrons. The summed E-state index contributed by atoms with van der Waals surface area (Å²) >= 11 is 0. The summed E-state index contributed by atoms with van der Waals surface area (Å²) in [5.74, 6) is 2.18. The molecule has 0 bridgehead atoms. The van der Waals surface area contributed by atoms with E-state index >= 15 is 0 Å². The van der Waals surface area contributed by atoms with Crippen molar-refractivity contribution in [3.8, 4) is 17.4 Å². The van der Waals surface area contributed by atoms with Gasteiger partial charge in [0.1, 0.15) is 17.8 Å². The molecular formula is C21H22N4O4. The van der Waals surface area contributed by atoms with Crippen LogP contribution in [-0.4, -0.2) is 46.0 Å². The summed E-state index contributed by atoms with van der Waals surface area (Å²) in [4.78, 5) is 27.5. The van der Waals surface area contributed by atoms with E-state index < -0.39 is 0 Å². The zero-order chi connectivity index (χ0) is 20.2. The molecule has 4 rings (SSSR count). The van der Waals surface area contributed by atoms with Crippen LogP contribution >= 0.6 is 0 Å². The summed E-state index contributed by atoms with van der Waals surface area (Å²) in [5.41, 5.74) is 1.14. The summed E-state index contributed by atoms with van der Waals surface area (Å²) in [6.45, 7) is 2.97. The van der Waals surface area contributed by atoms with Crippen LogP contribution in [0.1, 0.15) is 40.8 Å². The Bertz CT molecular complexity index is 1000. The van der Waals surface area contributed by atoms with Crippen LogP contribution in [0.5, 0.6) is 17.4 Å². The fourth-order valence-electron chi connectivity index (χ4n) is 3.42. The molecular weight excluding hydrogens is 372 g/mol. The lowest BCUT2D eigenvalue weighted by Crippen LogP contribution is -2.39. The van der Waals surface area contributed by atoms with Crippen LogP contribution in [0.4, 0.5) is 0 Å². The number of carbonyl (C=O) groups excluding carboxylic acids is 1. The van der Waals surface area contributed by atoms with Gasteiger partial charge in [-0.3, -0.25) is 9.78 Å². The van der Waals surface area contributed by atoms with Crippen molar-refractivity contribution >= 4 is 5.91 Å². The number of nitrogens with zero attached hydrogens (tertiary/aromatic N) is 4. The first-order valence-electron chi connectivity index (χ1n) is 9.47. The maximum atomic E-state index is 12.7. The van der Waals surface area contributed by atoms with Crippen molar-refractivity contribution in [2.75, 3.05) is 20.2 Å². The topological polar surface area (TPSA) is 90.6 Å². The summed E-state index contributed by atoms with van der Waals surface area (Å²) in [6.07, 6.45) is 6.53. The summed E-state index contributed by atoms with van der Waals surface area (Å²) < 4.78 is 16.2. The number of benzene rings is 1. The highest BCUT2D eigenvalue weighted by atomic mass is 16.5. The molecule has 150 valence electrons. The highest BCUT2D eigenvalue weighted by molar-refractivity contribution is 5.92. The standard InChI is InChI=1S/C21H22N4O4/c1-14-23-19(13-28-14)21(26)25-8-4-5-15(12-25)18-10-22-11-20(24-18)29-17-7-3-6-16(9-17)27-2/h3,6-7,9-11,13,15H,4-5,8,12H2,1-2H3/t15-/m0/s1. The number of piperidine rings is 1. The Hall–Kier alpha value is -3.42. The normalized spacial score (nSPS) is 16.5. The molecule has 0 spiro atoms. The minimum Gasteiger partial charge on any atom is -0.497 e. The van der Waals surface area contributed by atoms with Crippen molar-refractivity contribution in [2.45, 2.75) is 25.7 Å². The Balaban J connectivity index is 1.48. The van der Waals surface area contributed by atoms with E-state index in [1.807, 2.05) is 18.2 Å². The number of carbonyl (C=O) groups is 1. The van der Waals surface area contributed by atoms with Gasteiger partial charge in [-0.05, 0) is 25.0 Å². The van der Waals surface area contributed by atoms with E-state index in [0.717, 1.165) is 18.5 Å². The highest BCUT2D eigenvalue weighted by Crippen LogP contribution is 2.29. The Morgan fingerprint density at radius 2 is 2.10 bits per heavy atom. The summed E-state index contributed by atoms with van der Waals surface area (Å²) in [7, 11) is 1.61. The Morgan fingerprint density at radius 1 is 1.24 bits per heavy atom. The third-order valence-electron chi connectivity index (χ3n) is 4.86. The molecule has 29 heavy (non-hydrogen) atoms. The van der Waals surface area contributed by atoms with Crippen LogP contribution < -0.4 is 9.47 Å². The Labute approximate surface area is 168 Å². The van der Waals surface area contributed by atoms with E-state index in [9.17, 15) is 4.79 Å². The first-order valence-corrected chi connectivity index (χ1v) is 9.47. The predicted octanol–water partition coefficient (Wildman–Crippen LogP) is 3.59. The smallest absolute Gasteiger partial charge is 0.275 e. The lowest BCUT2D eigenvalue weighted by Gasteiger charge is -2.31. The third kappa shape index (κ3) is 4.37. The van der Waals surface area contributed by atoms with E-state index in [0.29, 0.717) is 42.1 Å². The van der Waals surface area contributed by atoms with Gasteiger partial charge >= 0.3 is 0 Å². The second kappa shape index (κ2) is 8.30. The van der Waals surface area contributed by atoms with Gasteiger partial charge in [-0.1, -0.05) is 6.07 Å². The third-order valence-corrected chi connectivity index (χ3v) is 4.86. The lowest BCUT2D eigenvalue weighted by atomic mass is 9.95. The molecule has 1 amide bonds. The number of amides is 1. The van der Waals surface area contributed by atoms with Gasteiger partial charge < -0.3 is 18.8 Å². The molecule has 1 fully saturated rings. The van der Waals surface area contributed by atoms with Crippen LogP contribution in [0.25, 0.3) is 0 Å². The zero-order valence-corrected chi connectivity index (χ0v) is 16.4. The number of aryl methyl sites for hydroxylation is 1. The van der Waals surface area contributed by atoms with E-state index in [1.165, 1.54) is 6.26 Å². The number of rotatable bonds is 5. The van der Waals surface area contributed by atoms with Gasteiger partial charge in [-0.25, -0.2) is 9.97 Å². The van der Waals surface area contributed by atoms with Crippen molar-refractivity contribution in [2.24, 2.45) is 0 Å². The molecule has 1 atom stereocenters. The lowest BCUT2D eigenvalue weighted by molar-refractivity contribution is 0.0699. The first kappa shape index (κ1) is 18.9. The monoisotopic (exact) mass is 394 g/mol. The predicted molar refractivity (Wildman–Crippen MR) is 104 cm³/mol. The minimum absolute atomic E-state index is 0.0852. The molecule has 0 aliphatic carbocycles. The van der Waals surface area contributed by atoms with Crippen molar-refractivity contribution in [1.29, 1.82) is 0 Å². The van der Waals surface area contributed by atoms with Crippen molar-refractivity contribution in [1.82, 2.24) is 19.9 Å². The van der Waals surface area contributed by atoms with Crippen molar-refractivity contribution < 1.29 is 18.7 Å². The fraction of sp³-hybridized carbons (Fsp3) is 0.333. The average Bonchev–Trinajstić information content (AvgIpc) is 3.20. The average molecular weight is 394 g/mol. The van der Waals surface area contributed by atoms with Gasteiger partial charge in [0.15, 0.2) is 11.6 Å². The molecule has 2 aromatic heterocycles. The maximum Gasteiger partial charge on any atom is 0.275 e. The molecule has 3 aromatic rings. The number of aromatic nitrogens is 3. The second-order valence-electron chi connectivity index (χ2n) is 6.91. The summed E-state index contributed by atoms with van der Waals surface area (Å²) in [6, 6.07) is 7.31. The van der Waals surface area contributed by atoms with Gasteiger partial charge in [0, 0.05) is 38.2 Å². The van der Waals surface area contributed by atoms with Gasteiger partial charge in [0.2, 0.25) is 5.88 Å². The van der Waals surface area contributed by atoms with E-state index in [1.54, 1.807) is 37.4 Å². The molecule has 0 N–H and O–H groups in total. The van der Waals surface area contributed by atoms with Gasteiger partial charge in [0.05, 0.1) is 19.0 Å². The van der Waals surface area contributed by atoms with E-state index in [2.05, 4.69) is 15.0 Å². The minimum atomic E-state index is -0.122. The Kier molecular flexibility index (Phi) is 5.41. The quantitative estimate of drug-likeness (QED) is 0.653. The molecule has 1 aliphatic rings. The number of methoxy groups -OCH3 is 1. The highest BCUT2D eigenvalue weighted by Gasteiger charge is 2.28. The fourth-order valence-corrected chi connectivity index (χ4v) is 3.42. The first-order chi connectivity index (χ1) is 14.1. The number of likely N-dealkylation sites (tertiary alicyclic amines) is 1. The number of ether oxygens (including phenoxy) is 2. The second-order valence-corrected chi connectivity index (χ2v) is 6.91. The number of oxazole rings is 1. The SMILES string of the molecule is COc1cccc(Oc2cncc([C@H]3CCCN(C(=O)c4coc(C)n4)C3)n2)c1. The molecule has 1 saturated heterocycles. The van der Waals surface area contributed by atoms with Crippen molar-refractivity contribution in [3.05, 3.63) is 60.2 Å². The maximum absolute atomic E-state index is 12.7. The van der Waals surface area contributed by atoms with Crippen molar-refractivity contribution in [3.63, 3.8) is 0 Å². The number of hydrogen-bond donors (Lipinski definition) is 0. The molecule has 3 heterocycles. The van der Waals surface area contributed by atoms with Gasteiger partial charge in [-0.15, -0.1) is 0 Å². The Morgan fingerprint density at radius 3 is 2.90 bits per heavy atom. The molecule has 1 aliphatic heterocycles. The van der Waals surface area contributed by atoms with Crippen LogP contribution in [0.3, 0.4) is 0 Å². The van der Waals surface area contributed by atoms with Crippen LogP contribution in [-0.2, 0) is 0 Å². The van der Waals surface area contributed by atoms with E-state index in [-0.39, 0.29) is 11.8 Å². The van der Waals surface area contributed by atoms with E-state index in [4.69, 9.17) is 13.9 Å². The molecule has 0 saturated carbocycles. The van der Waals surface area contributed by atoms with Gasteiger partial charge in [-0.2, -0.15) is 0 Å². The molecule has 1 aromatic carbocycles. The molecule has 8 nitrogen and oxygen atoms in total. The summed E-state index contributed by atoms with van der Waals surface area (Å²) in [5, 5.41) is 0. The van der Waals surface area contributed by atoms with Gasteiger partial charge in [0.25, 0.3) is 5.91 Å². The van der Waals surface area contributed by atoms with Crippen LogP contribution in [0.2, 0.25) is 0 Å².